The van der Waals surface area contributed by atoms with E-state index in [0.29, 0.717) is 11.3 Å². The maximum Gasteiger partial charge on any atom is 0.227 e. The van der Waals surface area contributed by atoms with Crippen molar-refractivity contribution in [1.82, 2.24) is 30.1 Å². The molecular formula is C28H21N7O2S. The zero-order valence-electron chi connectivity index (χ0n) is 20.3. The number of aromatic amines is 2. The van der Waals surface area contributed by atoms with Crippen LogP contribution in [0, 0.1) is 5.92 Å². The maximum absolute atomic E-state index is 12.2. The first-order valence-corrected chi connectivity index (χ1v) is 13.0. The van der Waals surface area contributed by atoms with E-state index >= 15 is 0 Å². The van der Waals surface area contributed by atoms with Crippen LogP contribution < -0.4 is 5.32 Å². The summed E-state index contributed by atoms with van der Waals surface area (Å²) >= 11 is 1.47. The lowest BCUT2D eigenvalue weighted by Gasteiger charge is -2.07. The summed E-state index contributed by atoms with van der Waals surface area (Å²) in [5.41, 5.74) is 6.30. The number of carbonyl (C=O) groups excluding carboxylic acids is 2. The second-order valence-electron chi connectivity index (χ2n) is 9.44. The summed E-state index contributed by atoms with van der Waals surface area (Å²) in [5, 5.41) is 12.3. The van der Waals surface area contributed by atoms with Crippen molar-refractivity contribution in [3.05, 3.63) is 66.1 Å². The van der Waals surface area contributed by atoms with E-state index in [1.165, 1.54) is 11.3 Å². The first kappa shape index (κ1) is 22.5. The van der Waals surface area contributed by atoms with E-state index in [-0.39, 0.29) is 17.6 Å². The number of ketones is 1. The van der Waals surface area contributed by atoms with Crippen LogP contribution in [0.4, 0.5) is 5.69 Å². The first-order chi connectivity index (χ1) is 18.5. The van der Waals surface area contributed by atoms with Crippen molar-refractivity contribution in [3.8, 4) is 33.0 Å². The molecule has 1 amide bonds. The average Bonchev–Trinajstić information content (AvgIpc) is 3.32. The second-order valence-corrected chi connectivity index (χ2v) is 10.5. The minimum Gasteiger partial charge on any atom is -0.338 e. The van der Waals surface area contributed by atoms with Crippen molar-refractivity contribution < 1.29 is 9.59 Å². The van der Waals surface area contributed by atoms with E-state index in [4.69, 9.17) is 0 Å². The van der Waals surface area contributed by atoms with Gasteiger partial charge in [-0.2, -0.15) is 5.10 Å². The van der Waals surface area contributed by atoms with Gasteiger partial charge in [0.1, 0.15) is 11.3 Å². The molecule has 6 aromatic rings. The van der Waals surface area contributed by atoms with Gasteiger partial charge in [0.2, 0.25) is 5.91 Å². The highest BCUT2D eigenvalue weighted by Gasteiger charge is 2.29. The fraction of sp³-hybridized carbons (Fsp3) is 0.143. The molecule has 0 spiro atoms. The number of hydrogen-bond acceptors (Lipinski definition) is 7. The van der Waals surface area contributed by atoms with Crippen molar-refractivity contribution in [2.75, 3.05) is 5.32 Å². The summed E-state index contributed by atoms with van der Waals surface area (Å²) in [6.45, 7) is 1.58. The van der Waals surface area contributed by atoms with Crippen molar-refractivity contribution in [2.45, 2.75) is 19.8 Å². The molecule has 0 bridgehead atoms. The van der Waals surface area contributed by atoms with E-state index in [1.807, 2.05) is 36.4 Å². The van der Waals surface area contributed by atoms with Gasteiger partial charge in [-0.1, -0.05) is 0 Å². The van der Waals surface area contributed by atoms with Crippen LogP contribution in [-0.4, -0.2) is 41.8 Å². The van der Waals surface area contributed by atoms with Gasteiger partial charge in [0.05, 0.1) is 22.5 Å². The lowest BCUT2D eigenvalue weighted by molar-refractivity contribution is -0.117. The van der Waals surface area contributed by atoms with Crippen LogP contribution in [0.25, 0.3) is 55.0 Å². The number of rotatable bonds is 6. The SMILES string of the molecule is CC(=O)c1ccc(-c2ccnc3[nH]c(-c4n[nH]c5ncc(-c6cncc(NC(=O)C7CC7)c6)cc45)cc23)s1. The molecule has 3 N–H and O–H groups in total. The highest BCUT2D eigenvalue weighted by Crippen LogP contribution is 2.37. The molecule has 6 aromatic heterocycles. The number of nitrogens with zero attached hydrogens (tertiary/aromatic N) is 4. The molecule has 0 aliphatic heterocycles. The average molecular weight is 520 g/mol. The highest BCUT2D eigenvalue weighted by molar-refractivity contribution is 7.17. The number of thiophene rings is 1. The first-order valence-electron chi connectivity index (χ1n) is 12.2. The third-order valence-corrected chi connectivity index (χ3v) is 7.93. The van der Waals surface area contributed by atoms with Crippen LogP contribution in [0.15, 0.2) is 61.2 Å². The van der Waals surface area contributed by atoms with E-state index in [0.717, 1.165) is 67.1 Å². The monoisotopic (exact) mass is 519 g/mol. The number of Topliss-reactive ketones (excluding diaryl/α,β-unsaturated/α-hetero) is 1. The van der Waals surface area contributed by atoms with E-state index in [1.54, 1.807) is 31.7 Å². The lowest BCUT2D eigenvalue weighted by atomic mass is 10.1. The highest BCUT2D eigenvalue weighted by atomic mass is 32.1. The number of hydrogen-bond donors (Lipinski definition) is 3. The van der Waals surface area contributed by atoms with Crippen LogP contribution in [0.2, 0.25) is 0 Å². The molecular weight excluding hydrogens is 498 g/mol. The number of anilines is 1. The molecule has 7 rings (SSSR count). The summed E-state index contributed by atoms with van der Waals surface area (Å²) in [7, 11) is 0. The zero-order chi connectivity index (χ0) is 25.8. The quantitative estimate of drug-likeness (QED) is 0.237. The fourth-order valence-electron chi connectivity index (χ4n) is 4.56. The van der Waals surface area contributed by atoms with Gasteiger partial charge in [0.15, 0.2) is 11.4 Å². The van der Waals surface area contributed by atoms with Gasteiger partial charge in [-0.05, 0) is 56.2 Å². The summed E-state index contributed by atoms with van der Waals surface area (Å²) in [4.78, 5) is 42.6. The normalized spacial score (nSPS) is 13.3. The number of aromatic nitrogens is 6. The predicted molar refractivity (Wildman–Crippen MR) is 147 cm³/mol. The zero-order valence-corrected chi connectivity index (χ0v) is 21.1. The van der Waals surface area contributed by atoms with Crippen molar-refractivity contribution in [3.63, 3.8) is 0 Å². The molecule has 1 fully saturated rings. The molecule has 6 heterocycles. The Morgan fingerprint density at radius 3 is 2.66 bits per heavy atom. The van der Waals surface area contributed by atoms with Crippen molar-refractivity contribution >= 4 is 50.8 Å². The maximum atomic E-state index is 12.2. The molecule has 0 atom stereocenters. The van der Waals surface area contributed by atoms with Crippen LogP contribution in [0.1, 0.15) is 29.4 Å². The van der Waals surface area contributed by atoms with Gasteiger partial charge in [-0.25, -0.2) is 9.97 Å². The Bertz CT molecular complexity index is 1880. The number of carbonyl (C=O) groups is 2. The fourth-order valence-corrected chi connectivity index (χ4v) is 5.50. The summed E-state index contributed by atoms with van der Waals surface area (Å²) in [6, 6.07) is 11.7. The number of pyridine rings is 3. The molecule has 186 valence electrons. The molecule has 0 saturated heterocycles. The Kier molecular flexibility index (Phi) is 5.15. The number of nitrogens with one attached hydrogen (secondary N) is 3. The van der Waals surface area contributed by atoms with Gasteiger partial charge >= 0.3 is 0 Å². The Morgan fingerprint density at radius 1 is 0.974 bits per heavy atom. The van der Waals surface area contributed by atoms with E-state index in [2.05, 4.69) is 35.5 Å². The van der Waals surface area contributed by atoms with Crippen molar-refractivity contribution in [2.24, 2.45) is 5.92 Å². The van der Waals surface area contributed by atoms with Crippen LogP contribution >= 0.6 is 11.3 Å². The van der Waals surface area contributed by atoms with Crippen LogP contribution in [0.3, 0.4) is 0 Å². The topological polar surface area (TPSA) is 129 Å². The standard InChI is InChI=1S/C28H21N7O2S/c1-14(36)23-4-5-24(38-23)19-6-7-30-26-20(19)10-22(33-26)25-21-9-17(12-31-27(21)35-34-25)16-8-18(13-29-11-16)32-28(37)15-2-3-15/h4-13,15H,2-3H2,1H3,(H,30,33)(H,32,37)(H,31,34,35). The molecule has 1 aliphatic carbocycles. The Labute approximate surface area is 220 Å². The summed E-state index contributed by atoms with van der Waals surface area (Å²) < 4.78 is 0. The lowest BCUT2D eigenvalue weighted by Crippen LogP contribution is -2.13. The summed E-state index contributed by atoms with van der Waals surface area (Å²) in [5.74, 6) is 0.215. The molecule has 0 unspecified atom stereocenters. The van der Waals surface area contributed by atoms with Gasteiger partial charge in [0, 0.05) is 56.8 Å². The number of amides is 1. The third-order valence-electron chi connectivity index (χ3n) is 6.71. The van der Waals surface area contributed by atoms with Gasteiger partial charge in [0.25, 0.3) is 0 Å². The molecule has 0 aromatic carbocycles. The molecule has 38 heavy (non-hydrogen) atoms. The van der Waals surface area contributed by atoms with Gasteiger partial charge < -0.3 is 10.3 Å². The van der Waals surface area contributed by atoms with Crippen molar-refractivity contribution in [1.29, 1.82) is 0 Å². The smallest absolute Gasteiger partial charge is 0.227 e. The minimum absolute atomic E-state index is 0.0431. The number of H-pyrrole nitrogens is 2. The van der Waals surface area contributed by atoms with Gasteiger partial charge in [-0.15, -0.1) is 11.3 Å². The molecule has 9 nitrogen and oxygen atoms in total. The van der Waals surface area contributed by atoms with Crippen LogP contribution in [-0.2, 0) is 4.79 Å². The third kappa shape index (κ3) is 3.95. The van der Waals surface area contributed by atoms with Crippen LogP contribution in [0.5, 0.6) is 0 Å². The molecule has 1 aliphatic rings. The minimum atomic E-state index is 0.0431. The molecule has 0 radical (unpaired) electrons. The summed E-state index contributed by atoms with van der Waals surface area (Å²) in [6.07, 6.45) is 8.82. The van der Waals surface area contributed by atoms with E-state index < -0.39 is 0 Å². The Hall–Kier alpha value is -4.70. The second kappa shape index (κ2) is 8.70. The Balaban J connectivity index is 1.27. The molecule has 1 saturated carbocycles. The molecule has 10 heteroatoms. The Morgan fingerprint density at radius 2 is 1.84 bits per heavy atom. The largest absolute Gasteiger partial charge is 0.338 e. The predicted octanol–water partition coefficient (Wildman–Crippen LogP) is 5.84. The van der Waals surface area contributed by atoms with Gasteiger partial charge in [-0.3, -0.25) is 19.7 Å². The number of fused-ring (bicyclic) bond motifs is 2. The van der Waals surface area contributed by atoms with E-state index in [9.17, 15) is 9.59 Å².